The Morgan fingerprint density at radius 2 is 2.22 bits per heavy atom. The Kier molecular flexibility index (Phi) is 2.98. The van der Waals surface area contributed by atoms with Crippen LogP contribution in [0.1, 0.15) is 33.0 Å². The Morgan fingerprint density at radius 1 is 1.39 bits per heavy atom. The average Bonchev–Trinajstić information content (AvgIpc) is 2.97. The second-order valence-corrected chi connectivity index (χ2v) is 6.05. The minimum Gasteiger partial charge on any atom is -0.353 e. The molecule has 0 spiro atoms. The van der Waals surface area contributed by atoms with E-state index in [0.29, 0.717) is 6.04 Å². The highest BCUT2D eigenvalue weighted by Crippen LogP contribution is 2.34. The quantitative estimate of drug-likeness (QED) is 0.828. The third-order valence-electron chi connectivity index (χ3n) is 4.08. The lowest BCUT2D eigenvalue weighted by atomic mass is 10.1. The molecule has 0 bridgehead atoms. The van der Waals surface area contributed by atoms with Crippen LogP contribution < -0.4 is 4.90 Å². The molecular weight excluding hydrogens is 242 g/mol. The molecule has 1 aliphatic rings. The molecule has 0 aromatic carbocycles. The number of rotatable bonds is 2. The van der Waals surface area contributed by atoms with Crippen LogP contribution in [-0.4, -0.2) is 22.6 Å². The summed E-state index contributed by atoms with van der Waals surface area (Å²) < 4.78 is 0. The van der Waals surface area contributed by atoms with Crippen LogP contribution in [0.2, 0.25) is 0 Å². The molecule has 0 N–H and O–H groups in total. The van der Waals surface area contributed by atoms with Gasteiger partial charge in [-0.3, -0.25) is 0 Å². The number of fused-ring (bicyclic) bond motifs is 1. The summed E-state index contributed by atoms with van der Waals surface area (Å²) in [5, 5.41) is 3.34. The molecule has 1 aliphatic heterocycles. The van der Waals surface area contributed by atoms with E-state index in [4.69, 9.17) is 4.98 Å². The standard InChI is InChI=1S/C14H19N3S/c1-4-12-15-13(11-6-8-18-14(11)16-12)17-7-5-9(2)10(17)3/h6,8-10H,4-5,7H2,1-3H3. The van der Waals surface area contributed by atoms with Gasteiger partial charge in [-0.25, -0.2) is 9.97 Å². The number of aryl methyl sites for hydroxylation is 1. The molecule has 0 saturated carbocycles. The zero-order valence-electron chi connectivity index (χ0n) is 11.2. The van der Waals surface area contributed by atoms with Crippen molar-refractivity contribution in [1.29, 1.82) is 0 Å². The first-order valence-electron chi connectivity index (χ1n) is 6.71. The summed E-state index contributed by atoms with van der Waals surface area (Å²) in [5.74, 6) is 2.86. The van der Waals surface area contributed by atoms with Gasteiger partial charge in [0.25, 0.3) is 0 Å². The van der Waals surface area contributed by atoms with Gasteiger partial charge in [-0.1, -0.05) is 13.8 Å². The third kappa shape index (κ3) is 1.79. The molecule has 3 nitrogen and oxygen atoms in total. The SMILES string of the molecule is CCc1nc(N2CCC(C)C2C)c2ccsc2n1. The Hall–Kier alpha value is -1.16. The van der Waals surface area contributed by atoms with Crippen molar-refractivity contribution in [1.82, 2.24) is 9.97 Å². The van der Waals surface area contributed by atoms with Gasteiger partial charge in [-0.2, -0.15) is 0 Å². The molecule has 0 aliphatic carbocycles. The van der Waals surface area contributed by atoms with Gasteiger partial charge in [0.2, 0.25) is 0 Å². The maximum atomic E-state index is 4.78. The van der Waals surface area contributed by atoms with E-state index in [1.807, 2.05) is 0 Å². The van der Waals surface area contributed by atoms with Gasteiger partial charge in [-0.05, 0) is 30.7 Å². The van der Waals surface area contributed by atoms with Crippen molar-refractivity contribution in [2.24, 2.45) is 5.92 Å². The molecular formula is C14H19N3S. The maximum Gasteiger partial charge on any atom is 0.141 e. The van der Waals surface area contributed by atoms with Crippen molar-refractivity contribution in [3.8, 4) is 0 Å². The monoisotopic (exact) mass is 261 g/mol. The second-order valence-electron chi connectivity index (χ2n) is 5.16. The first kappa shape index (κ1) is 11.9. The molecule has 96 valence electrons. The van der Waals surface area contributed by atoms with Crippen molar-refractivity contribution in [2.45, 2.75) is 39.7 Å². The molecule has 4 heteroatoms. The smallest absolute Gasteiger partial charge is 0.141 e. The van der Waals surface area contributed by atoms with E-state index < -0.39 is 0 Å². The van der Waals surface area contributed by atoms with Crippen LogP contribution in [0.4, 0.5) is 5.82 Å². The van der Waals surface area contributed by atoms with E-state index in [9.17, 15) is 0 Å². The summed E-state index contributed by atoms with van der Waals surface area (Å²) in [6.45, 7) is 7.88. The average molecular weight is 261 g/mol. The van der Waals surface area contributed by atoms with Gasteiger partial charge in [-0.15, -0.1) is 11.3 Å². The first-order valence-corrected chi connectivity index (χ1v) is 7.59. The lowest BCUT2D eigenvalue weighted by molar-refractivity contribution is 0.544. The predicted octanol–water partition coefficient (Wildman–Crippen LogP) is 3.49. The van der Waals surface area contributed by atoms with E-state index in [-0.39, 0.29) is 0 Å². The van der Waals surface area contributed by atoms with Crippen molar-refractivity contribution in [2.75, 3.05) is 11.4 Å². The minimum atomic E-state index is 0.577. The Bertz CT molecular complexity index is 563. The number of anilines is 1. The molecule has 18 heavy (non-hydrogen) atoms. The highest BCUT2D eigenvalue weighted by Gasteiger charge is 2.29. The molecule has 2 aromatic heterocycles. The van der Waals surface area contributed by atoms with Crippen LogP contribution in [0.25, 0.3) is 10.2 Å². The highest BCUT2D eigenvalue weighted by molar-refractivity contribution is 7.16. The third-order valence-corrected chi connectivity index (χ3v) is 4.89. The van der Waals surface area contributed by atoms with E-state index >= 15 is 0 Å². The van der Waals surface area contributed by atoms with Gasteiger partial charge in [0.05, 0.1) is 5.39 Å². The van der Waals surface area contributed by atoms with E-state index in [1.165, 1.54) is 11.8 Å². The number of thiophene rings is 1. The second kappa shape index (κ2) is 4.50. The summed E-state index contributed by atoms with van der Waals surface area (Å²) in [6, 6.07) is 2.73. The summed E-state index contributed by atoms with van der Waals surface area (Å²) >= 11 is 1.71. The van der Waals surface area contributed by atoms with Gasteiger partial charge >= 0.3 is 0 Å². The summed E-state index contributed by atoms with van der Waals surface area (Å²) in [7, 11) is 0. The van der Waals surface area contributed by atoms with Crippen LogP contribution in [0.15, 0.2) is 11.4 Å². The molecule has 2 atom stereocenters. The maximum absolute atomic E-state index is 4.78. The highest BCUT2D eigenvalue weighted by atomic mass is 32.1. The fourth-order valence-corrected chi connectivity index (χ4v) is 3.43. The largest absolute Gasteiger partial charge is 0.353 e. The number of nitrogens with zero attached hydrogens (tertiary/aromatic N) is 3. The van der Waals surface area contributed by atoms with Crippen molar-refractivity contribution in [3.05, 3.63) is 17.3 Å². The van der Waals surface area contributed by atoms with E-state index in [2.05, 4.69) is 42.1 Å². The van der Waals surface area contributed by atoms with Crippen LogP contribution in [-0.2, 0) is 6.42 Å². The van der Waals surface area contributed by atoms with E-state index in [1.54, 1.807) is 11.3 Å². The van der Waals surface area contributed by atoms with Gasteiger partial charge in [0, 0.05) is 19.0 Å². The molecule has 0 radical (unpaired) electrons. The Labute approximate surface area is 112 Å². The van der Waals surface area contributed by atoms with Gasteiger partial charge in [0.1, 0.15) is 16.5 Å². The van der Waals surface area contributed by atoms with Crippen LogP contribution >= 0.6 is 11.3 Å². The summed E-state index contributed by atoms with van der Waals surface area (Å²) in [5.41, 5.74) is 0. The number of hydrogen-bond donors (Lipinski definition) is 0. The van der Waals surface area contributed by atoms with Crippen molar-refractivity contribution in [3.63, 3.8) is 0 Å². The Morgan fingerprint density at radius 3 is 2.89 bits per heavy atom. The van der Waals surface area contributed by atoms with Crippen molar-refractivity contribution < 1.29 is 0 Å². The summed E-state index contributed by atoms with van der Waals surface area (Å²) in [6.07, 6.45) is 2.16. The molecule has 3 heterocycles. The topological polar surface area (TPSA) is 29.0 Å². The predicted molar refractivity (Wildman–Crippen MR) is 77.4 cm³/mol. The normalized spacial score (nSPS) is 24.1. The molecule has 1 fully saturated rings. The first-order chi connectivity index (χ1) is 8.70. The summed E-state index contributed by atoms with van der Waals surface area (Å²) in [4.78, 5) is 13.0. The van der Waals surface area contributed by atoms with Crippen LogP contribution in [0, 0.1) is 5.92 Å². The zero-order valence-corrected chi connectivity index (χ0v) is 12.0. The fraction of sp³-hybridized carbons (Fsp3) is 0.571. The van der Waals surface area contributed by atoms with E-state index in [0.717, 1.165) is 35.4 Å². The molecule has 1 saturated heterocycles. The van der Waals surface area contributed by atoms with Crippen LogP contribution in [0.5, 0.6) is 0 Å². The van der Waals surface area contributed by atoms with Gasteiger partial charge < -0.3 is 4.90 Å². The van der Waals surface area contributed by atoms with Crippen molar-refractivity contribution >= 4 is 27.4 Å². The lowest BCUT2D eigenvalue weighted by Gasteiger charge is -2.25. The number of aromatic nitrogens is 2. The molecule has 0 amide bonds. The lowest BCUT2D eigenvalue weighted by Crippen LogP contribution is -2.30. The molecule has 3 rings (SSSR count). The molecule has 2 unspecified atom stereocenters. The zero-order chi connectivity index (χ0) is 12.7. The van der Waals surface area contributed by atoms with Gasteiger partial charge in [0.15, 0.2) is 0 Å². The Balaban J connectivity index is 2.12. The minimum absolute atomic E-state index is 0.577. The number of hydrogen-bond acceptors (Lipinski definition) is 4. The van der Waals surface area contributed by atoms with Crippen LogP contribution in [0.3, 0.4) is 0 Å². The fourth-order valence-electron chi connectivity index (χ4n) is 2.65. The molecule has 2 aromatic rings.